The van der Waals surface area contributed by atoms with Crippen LogP contribution in [0.3, 0.4) is 0 Å². The fourth-order valence-corrected chi connectivity index (χ4v) is 2.64. The van der Waals surface area contributed by atoms with Crippen molar-refractivity contribution in [3.63, 3.8) is 0 Å². The van der Waals surface area contributed by atoms with Gasteiger partial charge >= 0.3 is 0 Å². The van der Waals surface area contributed by atoms with E-state index < -0.39 is 5.54 Å². The summed E-state index contributed by atoms with van der Waals surface area (Å²) in [6, 6.07) is 5.73. The molecule has 0 fully saturated rings. The maximum atomic E-state index is 12.9. The van der Waals surface area contributed by atoms with Crippen molar-refractivity contribution in [2.24, 2.45) is 0 Å². The van der Waals surface area contributed by atoms with Gasteiger partial charge in [-0.2, -0.15) is 0 Å². The van der Waals surface area contributed by atoms with Crippen molar-refractivity contribution in [1.29, 1.82) is 0 Å². The van der Waals surface area contributed by atoms with Gasteiger partial charge in [-0.15, -0.1) is 16.6 Å². The van der Waals surface area contributed by atoms with E-state index in [0.717, 1.165) is 11.8 Å². The number of terminal acetylenes is 1. The molecule has 2 aromatic rings. The molecule has 0 aliphatic carbocycles. The summed E-state index contributed by atoms with van der Waals surface area (Å²) in [7, 11) is 0. The van der Waals surface area contributed by atoms with Crippen LogP contribution in [-0.4, -0.2) is 27.4 Å². The lowest BCUT2D eigenvalue weighted by Crippen LogP contribution is -2.47. The molecule has 1 aromatic carbocycles. The molecule has 0 bridgehead atoms. The first-order valence-corrected chi connectivity index (χ1v) is 8.51. The van der Waals surface area contributed by atoms with Crippen LogP contribution >= 0.6 is 11.8 Å². The first kappa shape index (κ1) is 18.0. The molecule has 5 nitrogen and oxygen atoms in total. The minimum Gasteiger partial charge on any atom is -0.411 e. The number of nitrogens with zero attached hydrogens (tertiary/aromatic N) is 2. The Morgan fingerprint density at radius 2 is 2.00 bits per heavy atom. The molecule has 24 heavy (non-hydrogen) atoms. The monoisotopic (exact) mass is 347 g/mol. The second-order valence-electron chi connectivity index (χ2n) is 5.15. The first-order valence-electron chi connectivity index (χ1n) is 7.53. The molecule has 0 saturated carbocycles. The average molecular weight is 347 g/mol. The van der Waals surface area contributed by atoms with Gasteiger partial charge < -0.3 is 9.73 Å². The van der Waals surface area contributed by atoms with E-state index in [-0.39, 0.29) is 28.6 Å². The predicted octanol–water partition coefficient (Wildman–Crippen LogP) is 3.28. The van der Waals surface area contributed by atoms with Crippen molar-refractivity contribution in [3.8, 4) is 23.8 Å². The molecule has 0 unspecified atom stereocenters. The third-order valence-electron chi connectivity index (χ3n) is 3.69. The van der Waals surface area contributed by atoms with Crippen LogP contribution < -0.4 is 5.32 Å². The SMILES string of the molecule is C#CC(CC)(CC)NC(=O)CSc1nnc(-c2ccc(F)cc2)o1. The molecule has 126 valence electrons. The van der Waals surface area contributed by atoms with E-state index in [1.54, 1.807) is 12.1 Å². The van der Waals surface area contributed by atoms with Gasteiger partial charge in [0.15, 0.2) is 0 Å². The zero-order valence-corrected chi connectivity index (χ0v) is 14.3. The number of carbonyl (C=O) groups excluding carboxylic acids is 1. The summed E-state index contributed by atoms with van der Waals surface area (Å²) >= 11 is 1.12. The standard InChI is InChI=1S/C17H18FN3O2S/c1-4-17(5-2,6-3)19-14(22)11-24-16-21-20-15(23-16)12-7-9-13(18)10-8-12/h1,7-10H,5-6,11H2,2-3H3,(H,19,22). The molecule has 1 amide bonds. The third kappa shape index (κ3) is 4.36. The molecule has 2 rings (SSSR count). The fraction of sp³-hybridized carbons (Fsp3) is 0.353. The predicted molar refractivity (Wildman–Crippen MR) is 90.7 cm³/mol. The molecule has 0 saturated heterocycles. The number of benzene rings is 1. The van der Waals surface area contributed by atoms with Gasteiger partial charge in [0.1, 0.15) is 11.4 Å². The number of hydrogen-bond acceptors (Lipinski definition) is 5. The summed E-state index contributed by atoms with van der Waals surface area (Å²) in [5.74, 6) is 2.52. The van der Waals surface area contributed by atoms with Gasteiger partial charge in [0.05, 0.1) is 5.75 Å². The third-order valence-corrected chi connectivity index (χ3v) is 4.50. The number of hydrogen-bond donors (Lipinski definition) is 1. The molecule has 0 aliphatic rings. The Morgan fingerprint density at radius 3 is 2.58 bits per heavy atom. The zero-order chi connectivity index (χ0) is 17.6. The fourth-order valence-electron chi connectivity index (χ4n) is 2.07. The number of halogens is 1. The lowest BCUT2D eigenvalue weighted by molar-refractivity contribution is -0.119. The summed E-state index contributed by atoms with van der Waals surface area (Å²) in [4.78, 5) is 12.1. The van der Waals surface area contributed by atoms with Crippen LogP contribution in [0.4, 0.5) is 4.39 Å². The Hall–Kier alpha value is -2.33. The van der Waals surface area contributed by atoms with Gasteiger partial charge in [-0.05, 0) is 37.1 Å². The van der Waals surface area contributed by atoms with E-state index in [1.807, 2.05) is 13.8 Å². The lowest BCUT2D eigenvalue weighted by atomic mass is 9.94. The smallest absolute Gasteiger partial charge is 0.277 e. The summed E-state index contributed by atoms with van der Waals surface area (Å²) < 4.78 is 18.4. The number of aromatic nitrogens is 2. The highest BCUT2D eigenvalue weighted by molar-refractivity contribution is 7.99. The van der Waals surface area contributed by atoms with E-state index in [4.69, 9.17) is 10.8 Å². The van der Waals surface area contributed by atoms with Crippen LogP contribution in [0.15, 0.2) is 33.9 Å². The number of thioether (sulfide) groups is 1. The van der Waals surface area contributed by atoms with Gasteiger partial charge in [-0.3, -0.25) is 4.79 Å². The molecular weight excluding hydrogens is 329 g/mol. The number of carbonyl (C=O) groups is 1. The Labute approximate surface area is 144 Å². The van der Waals surface area contributed by atoms with Crippen LogP contribution in [0.2, 0.25) is 0 Å². The summed E-state index contributed by atoms with van der Waals surface area (Å²) in [6.07, 6.45) is 6.84. The average Bonchev–Trinajstić information content (AvgIpc) is 3.08. The van der Waals surface area contributed by atoms with Crippen molar-refractivity contribution >= 4 is 17.7 Å². The molecule has 0 radical (unpaired) electrons. The summed E-state index contributed by atoms with van der Waals surface area (Å²) in [5, 5.41) is 10.9. The normalized spacial score (nSPS) is 11.1. The molecule has 0 atom stereocenters. The molecule has 1 aromatic heterocycles. The largest absolute Gasteiger partial charge is 0.411 e. The summed E-state index contributed by atoms with van der Waals surface area (Å²) in [5.41, 5.74) is -0.00492. The van der Waals surface area contributed by atoms with Crippen LogP contribution in [0.5, 0.6) is 0 Å². The number of nitrogens with one attached hydrogen (secondary N) is 1. The molecular formula is C17H18FN3O2S. The zero-order valence-electron chi connectivity index (χ0n) is 13.5. The van der Waals surface area contributed by atoms with Crippen LogP contribution in [-0.2, 0) is 4.79 Å². The van der Waals surface area contributed by atoms with E-state index in [9.17, 15) is 9.18 Å². The Balaban J connectivity index is 1.95. The number of rotatable bonds is 7. The Morgan fingerprint density at radius 1 is 1.33 bits per heavy atom. The lowest BCUT2D eigenvalue weighted by Gasteiger charge is -2.26. The van der Waals surface area contributed by atoms with Crippen molar-refractivity contribution in [1.82, 2.24) is 15.5 Å². The minimum atomic E-state index is -0.619. The van der Waals surface area contributed by atoms with Crippen LogP contribution in [0.1, 0.15) is 26.7 Å². The maximum Gasteiger partial charge on any atom is 0.277 e. The Bertz CT molecular complexity index is 733. The van der Waals surface area contributed by atoms with Gasteiger partial charge in [-0.25, -0.2) is 4.39 Å². The van der Waals surface area contributed by atoms with Gasteiger partial charge in [0.2, 0.25) is 11.8 Å². The number of amides is 1. The van der Waals surface area contributed by atoms with Crippen molar-refractivity contribution in [2.45, 2.75) is 37.5 Å². The molecule has 1 N–H and O–H groups in total. The second kappa shape index (κ2) is 7.97. The molecule has 1 heterocycles. The Kier molecular flexibility index (Phi) is 5.99. The van der Waals surface area contributed by atoms with E-state index >= 15 is 0 Å². The second-order valence-corrected chi connectivity index (χ2v) is 6.08. The summed E-state index contributed by atoms with van der Waals surface area (Å²) in [6.45, 7) is 3.87. The van der Waals surface area contributed by atoms with Gasteiger partial charge in [0.25, 0.3) is 5.22 Å². The van der Waals surface area contributed by atoms with Gasteiger partial charge in [0, 0.05) is 5.56 Å². The topological polar surface area (TPSA) is 68.0 Å². The van der Waals surface area contributed by atoms with Crippen LogP contribution in [0.25, 0.3) is 11.5 Å². The van der Waals surface area contributed by atoms with E-state index in [0.29, 0.717) is 18.4 Å². The van der Waals surface area contributed by atoms with Crippen LogP contribution in [0, 0.1) is 18.2 Å². The highest BCUT2D eigenvalue weighted by atomic mass is 32.2. The molecule has 0 aliphatic heterocycles. The van der Waals surface area contributed by atoms with Crippen molar-refractivity contribution in [3.05, 3.63) is 30.1 Å². The quantitative estimate of drug-likeness (QED) is 0.615. The highest BCUT2D eigenvalue weighted by Crippen LogP contribution is 2.23. The molecule has 7 heteroatoms. The van der Waals surface area contributed by atoms with E-state index in [2.05, 4.69) is 21.4 Å². The maximum absolute atomic E-state index is 12.9. The van der Waals surface area contributed by atoms with Crippen molar-refractivity contribution in [2.75, 3.05) is 5.75 Å². The molecule has 0 spiro atoms. The minimum absolute atomic E-state index is 0.120. The first-order chi connectivity index (χ1) is 11.5. The van der Waals surface area contributed by atoms with Crippen molar-refractivity contribution < 1.29 is 13.6 Å². The van der Waals surface area contributed by atoms with E-state index in [1.165, 1.54) is 12.1 Å². The highest BCUT2D eigenvalue weighted by Gasteiger charge is 2.25. The van der Waals surface area contributed by atoms with Gasteiger partial charge in [-0.1, -0.05) is 31.5 Å².